The summed E-state index contributed by atoms with van der Waals surface area (Å²) in [4.78, 5) is 46.7. The molecular weight excluding hydrogens is 584 g/mol. The minimum atomic E-state index is -0.388. The Balaban J connectivity index is 1.35. The molecule has 0 fully saturated rings. The van der Waals surface area contributed by atoms with Crippen molar-refractivity contribution in [2.45, 2.75) is 64.6 Å². The standard InChI is InChI=1S/C35H46N6O5/c1-24-20-41(25(2)23-42)35(45)28-19-27(13-14-31(28)46-32(24)22-40(3)21-26-15-17-37-18-16-26)38-33(43)11-5-4-6-12-34(44)39-30-10-8-7-9-29(30)36/h7-10,13-19,24-25,32,42H,4-6,11-12,20-23,36H2,1-3H3,(H,38,43)(H,39,44)/t24-,25-,32-/m1/s1. The quantitative estimate of drug-likeness (QED) is 0.150. The zero-order valence-corrected chi connectivity index (χ0v) is 26.9. The summed E-state index contributed by atoms with van der Waals surface area (Å²) in [6, 6.07) is 15.8. The number of aliphatic hydroxyl groups excluding tert-OH is 1. The smallest absolute Gasteiger partial charge is 0.258 e. The number of nitrogen functional groups attached to an aromatic ring is 1. The summed E-state index contributed by atoms with van der Waals surface area (Å²) >= 11 is 0. The fourth-order valence-electron chi connectivity index (χ4n) is 5.48. The third-order valence-corrected chi connectivity index (χ3v) is 8.18. The number of unbranched alkanes of at least 4 members (excludes halogenated alkanes) is 2. The van der Waals surface area contributed by atoms with Gasteiger partial charge in [0.1, 0.15) is 11.9 Å². The first kappa shape index (κ1) is 34.4. The molecule has 0 unspecified atom stereocenters. The normalized spacial score (nSPS) is 17.0. The van der Waals surface area contributed by atoms with Gasteiger partial charge in [0.25, 0.3) is 5.91 Å². The van der Waals surface area contributed by atoms with Crippen molar-refractivity contribution in [2.24, 2.45) is 5.92 Å². The SMILES string of the molecule is C[C@@H]1CN([C@H](C)CO)C(=O)c2cc(NC(=O)CCCCCC(=O)Nc3ccccc3N)ccc2O[C@@H]1CN(C)Cc1ccncc1. The second-order valence-corrected chi connectivity index (χ2v) is 12.1. The molecule has 4 rings (SSSR count). The number of nitrogens with zero attached hydrogens (tertiary/aromatic N) is 3. The predicted molar refractivity (Wildman–Crippen MR) is 179 cm³/mol. The van der Waals surface area contributed by atoms with Gasteiger partial charge in [-0.3, -0.25) is 24.3 Å². The van der Waals surface area contributed by atoms with Crippen molar-refractivity contribution in [2.75, 3.05) is 43.1 Å². The van der Waals surface area contributed by atoms with Crippen LogP contribution in [-0.2, 0) is 16.1 Å². The lowest BCUT2D eigenvalue weighted by Gasteiger charge is -2.38. The molecule has 0 aliphatic carbocycles. The average Bonchev–Trinajstić information content (AvgIpc) is 3.04. The van der Waals surface area contributed by atoms with Crippen molar-refractivity contribution < 1.29 is 24.2 Å². The molecule has 3 aromatic rings. The molecule has 1 aliphatic rings. The van der Waals surface area contributed by atoms with Crippen LogP contribution in [0, 0.1) is 5.92 Å². The summed E-state index contributed by atoms with van der Waals surface area (Å²) in [7, 11) is 2.03. The number of pyridine rings is 1. The van der Waals surface area contributed by atoms with E-state index in [-0.39, 0.29) is 48.8 Å². The van der Waals surface area contributed by atoms with Crippen LogP contribution in [0.5, 0.6) is 5.75 Å². The number of carbonyl (C=O) groups excluding carboxylic acids is 3. The zero-order valence-electron chi connectivity index (χ0n) is 26.9. The van der Waals surface area contributed by atoms with Gasteiger partial charge in [0, 0.05) is 56.5 Å². The number of carbonyl (C=O) groups is 3. The van der Waals surface area contributed by atoms with Crippen LogP contribution in [0.15, 0.2) is 67.0 Å². The van der Waals surface area contributed by atoms with Gasteiger partial charge in [0.15, 0.2) is 0 Å². The van der Waals surface area contributed by atoms with Crippen LogP contribution in [0.25, 0.3) is 0 Å². The summed E-state index contributed by atoms with van der Waals surface area (Å²) in [5.74, 6) is -0.101. The average molecular weight is 631 g/mol. The van der Waals surface area contributed by atoms with Crippen LogP contribution in [-0.4, -0.2) is 76.5 Å². The topological polar surface area (TPSA) is 150 Å². The number of aliphatic hydroxyl groups is 1. The summed E-state index contributed by atoms with van der Waals surface area (Å²) in [6.07, 6.45) is 5.92. The van der Waals surface area contributed by atoms with Gasteiger partial charge < -0.3 is 31.1 Å². The number of fused-ring (bicyclic) bond motifs is 1. The molecule has 11 nitrogen and oxygen atoms in total. The van der Waals surface area contributed by atoms with Crippen LogP contribution in [0.3, 0.4) is 0 Å². The fraction of sp³-hybridized carbons (Fsp3) is 0.429. The van der Waals surface area contributed by atoms with E-state index in [0.29, 0.717) is 67.1 Å². The number of anilines is 3. The monoisotopic (exact) mass is 630 g/mol. The maximum Gasteiger partial charge on any atom is 0.258 e. The van der Waals surface area contributed by atoms with Gasteiger partial charge >= 0.3 is 0 Å². The van der Waals surface area contributed by atoms with Gasteiger partial charge in [-0.05, 0) is 74.8 Å². The number of aromatic nitrogens is 1. The lowest BCUT2D eigenvalue weighted by Crippen LogP contribution is -2.49. The van der Waals surface area contributed by atoms with Gasteiger partial charge in [-0.2, -0.15) is 0 Å². The van der Waals surface area contributed by atoms with Crippen LogP contribution in [0.2, 0.25) is 0 Å². The highest BCUT2D eigenvalue weighted by Gasteiger charge is 2.33. The van der Waals surface area contributed by atoms with E-state index in [1.54, 1.807) is 47.6 Å². The third-order valence-electron chi connectivity index (χ3n) is 8.18. The first-order valence-electron chi connectivity index (χ1n) is 15.9. The van der Waals surface area contributed by atoms with E-state index in [1.807, 2.05) is 38.2 Å². The Bertz CT molecular complexity index is 1470. The largest absolute Gasteiger partial charge is 0.488 e. The van der Waals surface area contributed by atoms with Crippen molar-refractivity contribution >= 4 is 34.8 Å². The molecule has 5 N–H and O–H groups in total. The number of amides is 3. The molecular formula is C35H46N6O5. The van der Waals surface area contributed by atoms with E-state index in [4.69, 9.17) is 10.5 Å². The predicted octanol–water partition coefficient (Wildman–Crippen LogP) is 4.54. The lowest BCUT2D eigenvalue weighted by atomic mass is 9.99. The number of hydrogen-bond donors (Lipinski definition) is 4. The Morgan fingerprint density at radius 1 is 1.07 bits per heavy atom. The van der Waals surface area contributed by atoms with Crippen LogP contribution < -0.4 is 21.1 Å². The van der Waals surface area contributed by atoms with E-state index in [9.17, 15) is 19.5 Å². The van der Waals surface area contributed by atoms with Crippen molar-refractivity contribution in [3.8, 4) is 5.75 Å². The summed E-state index contributed by atoms with van der Waals surface area (Å²) < 4.78 is 6.49. The van der Waals surface area contributed by atoms with E-state index in [2.05, 4.69) is 27.4 Å². The first-order chi connectivity index (χ1) is 22.1. The molecule has 3 atom stereocenters. The van der Waals surface area contributed by atoms with Crippen molar-refractivity contribution in [1.29, 1.82) is 0 Å². The fourth-order valence-corrected chi connectivity index (χ4v) is 5.48. The summed E-state index contributed by atoms with van der Waals surface area (Å²) in [5, 5.41) is 15.7. The highest BCUT2D eigenvalue weighted by Crippen LogP contribution is 2.31. The van der Waals surface area contributed by atoms with E-state index in [0.717, 1.165) is 12.1 Å². The van der Waals surface area contributed by atoms with Crippen LogP contribution >= 0.6 is 0 Å². The molecule has 0 bridgehead atoms. The van der Waals surface area contributed by atoms with Crippen LogP contribution in [0.1, 0.15) is 61.9 Å². The molecule has 3 amide bonds. The van der Waals surface area contributed by atoms with Crippen molar-refractivity contribution in [1.82, 2.24) is 14.8 Å². The summed E-state index contributed by atoms with van der Waals surface area (Å²) in [6.45, 7) is 5.47. The molecule has 0 radical (unpaired) electrons. The lowest BCUT2D eigenvalue weighted by molar-refractivity contribution is -0.116. The maximum atomic E-state index is 13.7. The molecule has 0 spiro atoms. The molecule has 1 aromatic heterocycles. The molecule has 2 heterocycles. The number of likely N-dealkylation sites (N-methyl/N-ethyl adjacent to an activating group) is 1. The van der Waals surface area contributed by atoms with Gasteiger partial charge in [0.2, 0.25) is 11.8 Å². The highest BCUT2D eigenvalue weighted by molar-refractivity contribution is 6.00. The summed E-state index contributed by atoms with van der Waals surface area (Å²) in [5.41, 5.74) is 8.98. The van der Waals surface area contributed by atoms with Crippen LogP contribution in [0.4, 0.5) is 17.1 Å². The third kappa shape index (κ3) is 9.76. The number of nitrogens with one attached hydrogen (secondary N) is 2. The Hall–Kier alpha value is -4.48. The minimum Gasteiger partial charge on any atom is -0.488 e. The van der Waals surface area contributed by atoms with Crippen molar-refractivity contribution in [3.05, 3.63) is 78.1 Å². The second kappa shape index (κ2) is 16.7. The van der Waals surface area contributed by atoms with E-state index < -0.39 is 0 Å². The first-order valence-corrected chi connectivity index (χ1v) is 15.9. The number of nitrogens with two attached hydrogens (primary N) is 1. The number of benzene rings is 2. The molecule has 46 heavy (non-hydrogen) atoms. The van der Waals surface area contributed by atoms with Gasteiger partial charge in [-0.15, -0.1) is 0 Å². The van der Waals surface area contributed by atoms with E-state index >= 15 is 0 Å². The number of ether oxygens (including phenoxy) is 1. The molecule has 11 heteroatoms. The second-order valence-electron chi connectivity index (χ2n) is 12.1. The number of para-hydroxylation sites is 2. The highest BCUT2D eigenvalue weighted by atomic mass is 16.5. The Labute approximate surface area is 271 Å². The van der Waals surface area contributed by atoms with Gasteiger partial charge in [-0.25, -0.2) is 0 Å². The Morgan fingerprint density at radius 3 is 2.46 bits per heavy atom. The molecule has 246 valence electrons. The number of hydrogen-bond acceptors (Lipinski definition) is 8. The van der Waals surface area contributed by atoms with Crippen molar-refractivity contribution in [3.63, 3.8) is 0 Å². The molecule has 2 aromatic carbocycles. The van der Waals surface area contributed by atoms with Gasteiger partial charge in [-0.1, -0.05) is 25.5 Å². The Kier molecular flexibility index (Phi) is 12.5. The zero-order chi connectivity index (χ0) is 33.1. The number of rotatable bonds is 14. The molecule has 1 aliphatic heterocycles. The van der Waals surface area contributed by atoms with E-state index in [1.165, 1.54) is 0 Å². The molecule has 0 saturated heterocycles. The maximum absolute atomic E-state index is 13.7. The Morgan fingerprint density at radius 2 is 1.76 bits per heavy atom. The minimum absolute atomic E-state index is 0.00656. The molecule has 0 saturated carbocycles. The van der Waals surface area contributed by atoms with Gasteiger partial charge in [0.05, 0.1) is 29.6 Å².